The van der Waals surface area contributed by atoms with Crippen LogP contribution >= 0.6 is 31.9 Å². The van der Waals surface area contributed by atoms with Crippen LogP contribution in [0, 0.1) is 51.0 Å². The number of ether oxygens (including phenoxy) is 2. The summed E-state index contributed by atoms with van der Waals surface area (Å²) in [6.07, 6.45) is 15.4. The minimum atomic E-state index is -1.68. The number of aromatic amines is 2. The Morgan fingerprint density at radius 2 is 0.706 bits per heavy atom. The second-order valence-corrected chi connectivity index (χ2v) is 38.9. The van der Waals surface area contributed by atoms with Crippen LogP contribution in [0.15, 0.2) is 129 Å². The summed E-state index contributed by atoms with van der Waals surface area (Å²) in [5.74, 6) is -1.28. The Morgan fingerprint density at radius 3 is 1.07 bits per heavy atom. The zero-order chi connectivity index (χ0) is 91.7. The number of rotatable bonds is 12. The van der Waals surface area contributed by atoms with Gasteiger partial charge in [-0.05, 0) is 215 Å². The van der Waals surface area contributed by atoms with E-state index in [0.717, 1.165) is 34.6 Å². The van der Waals surface area contributed by atoms with E-state index in [-0.39, 0.29) is 75.6 Å². The van der Waals surface area contributed by atoms with Crippen LogP contribution in [0.25, 0.3) is 55.5 Å². The van der Waals surface area contributed by atoms with E-state index in [4.69, 9.17) is 46.7 Å². The molecule has 0 amide bonds. The van der Waals surface area contributed by atoms with Crippen LogP contribution in [-0.2, 0) is 58.0 Å². The normalized spacial score (nSPS) is 19.9. The molecule has 126 heavy (non-hydrogen) atoms. The fourth-order valence-electron chi connectivity index (χ4n) is 15.1. The van der Waals surface area contributed by atoms with Gasteiger partial charge in [0.2, 0.25) is 0 Å². The van der Waals surface area contributed by atoms with Gasteiger partial charge in [0.05, 0.1) is 103 Å². The molecule has 6 saturated heterocycles. The summed E-state index contributed by atoms with van der Waals surface area (Å²) in [6, 6.07) is 16.0. The third kappa shape index (κ3) is 20.4. The lowest BCUT2D eigenvalue weighted by Crippen LogP contribution is -2.42. The molecule has 0 unspecified atom stereocenters. The summed E-state index contributed by atoms with van der Waals surface area (Å²) in [7, 11) is 1.22. The van der Waals surface area contributed by atoms with E-state index in [2.05, 4.69) is 81.5 Å². The summed E-state index contributed by atoms with van der Waals surface area (Å²) in [5, 5.41) is 0.795. The molecule has 0 aliphatic carbocycles. The molecule has 0 saturated carbocycles. The molecule has 26 nitrogen and oxygen atoms in total. The molecule has 10 aromatic heterocycles. The van der Waals surface area contributed by atoms with Gasteiger partial charge in [0.25, 0.3) is 11.1 Å². The summed E-state index contributed by atoms with van der Waals surface area (Å²) in [5.41, 5.74) is 0.703. The molecule has 0 bridgehead atoms. The van der Waals surface area contributed by atoms with Gasteiger partial charge in [-0.2, -0.15) is 0 Å². The number of fused-ring (bicyclic) bond motifs is 6. The molecule has 6 aliphatic rings. The predicted molar refractivity (Wildman–Crippen MR) is 483 cm³/mol. The van der Waals surface area contributed by atoms with Crippen LogP contribution < -0.4 is 22.0 Å². The Hall–Kier alpha value is -8.20. The molecular formula is C88H110B4Br2F6N14O12. The molecule has 2 N–H and O–H groups in total. The SMILES string of the molecule is CC1(C)OB(B2OC(C)(C)C(C)(C)O2)OC1(C)C.COCCN1CCC(F)(c2nc3ccc(-c4cc(F)c5nc(C)cn5c4)cc3c(=O)[nH]2)CC1.COCCN1CCC(F)(c2nc3ccc(Br)cc3c(=O)[nH]2)CC1.Cc1cn2cc(B3OC(C)(C)C(C)(C)O3)cc(F)c2n1.Cc1cn2cc(B3OC(C)(C)C(C)(C)O3)cc(F)c2n1.Cc1cn2cc(Br)cc(F)c2n1. The maximum absolute atomic E-state index is 15.7. The first-order chi connectivity index (χ1) is 58.8. The van der Waals surface area contributed by atoms with E-state index in [1.165, 1.54) is 24.3 Å². The number of aryl methyl sites for hydroxylation is 4. The lowest BCUT2D eigenvalue weighted by atomic mass is 9.49. The van der Waals surface area contributed by atoms with Crippen molar-refractivity contribution in [2.75, 3.05) is 66.7 Å². The first kappa shape index (κ1) is 95.4. The molecule has 672 valence electrons. The van der Waals surface area contributed by atoms with Crippen molar-refractivity contribution in [3.05, 3.63) is 198 Å². The quantitative estimate of drug-likeness (QED) is 0.0851. The molecule has 0 atom stereocenters. The number of imidazole rings is 4. The molecule has 12 aromatic rings. The van der Waals surface area contributed by atoms with Crippen molar-refractivity contribution in [3.63, 3.8) is 0 Å². The van der Waals surface area contributed by atoms with Gasteiger partial charge < -0.3 is 84.1 Å². The Balaban J connectivity index is 0.000000133. The number of piperidine rings is 2. The van der Waals surface area contributed by atoms with E-state index in [0.29, 0.717) is 123 Å². The monoisotopic (exact) mass is 1870 g/mol. The topological polar surface area (TPSA) is 259 Å². The summed E-state index contributed by atoms with van der Waals surface area (Å²) >= 11 is 6.53. The van der Waals surface area contributed by atoms with Crippen LogP contribution in [0.4, 0.5) is 26.3 Å². The van der Waals surface area contributed by atoms with Crippen molar-refractivity contribution in [1.29, 1.82) is 0 Å². The van der Waals surface area contributed by atoms with Crippen molar-refractivity contribution in [1.82, 2.24) is 67.3 Å². The van der Waals surface area contributed by atoms with Gasteiger partial charge in [0, 0.05) is 154 Å². The van der Waals surface area contributed by atoms with Gasteiger partial charge in [0.15, 0.2) is 57.2 Å². The number of nitrogens with zero attached hydrogens (tertiary/aromatic N) is 12. The first-order valence-corrected chi connectivity index (χ1v) is 43.6. The predicted octanol–water partition coefficient (Wildman–Crippen LogP) is 15.1. The number of halogens is 8. The number of aromatic nitrogens is 12. The minimum Gasteiger partial charge on any atom is -0.405 e. The van der Waals surface area contributed by atoms with Crippen LogP contribution in [0.1, 0.15) is 171 Å². The summed E-state index contributed by atoms with van der Waals surface area (Å²) in [4.78, 5) is 60.0. The van der Waals surface area contributed by atoms with E-state index in [1.807, 2.05) is 132 Å². The van der Waals surface area contributed by atoms with E-state index in [1.54, 1.807) is 125 Å². The second-order valence-electron chi connectivity index (χ2n) is 37.0. The van der Waals surface area contributed by atoms with E-state index < -0.39 is 73.4 Å². The van der Waals surface area contributed by atoms with Crippen LogP contribution in [0.3, 0.4) is 0 Å². The van der Waals surface area contributed by atoms with Crippen molar-refractivity contribution in [3.8, 4) is 11.1 Å². The molecule has 6 fully saturated rings. The third-order valence-electron chi connectivity index (χ3n) is 25.4. The van der Waals surface area contributed by atoms with Gasteiger partial charge in [-0.3, -0.25) is 9.59 Å². The number of nitrogens with one attached hydrogen (secondary N) is 2. The van der Waals surface area contributed by atoms with Crippen molar-refractivity contribution in [2.24, 2.45) is 0 Å². The third-order valence-corrected chi connectivity index (χ3v) is 26.3. The number of likely N-dealkylation sites (tertiary alicyclic amines) is 2. The number of benzene rings is 2. The average Bonchev–Trinajstić information content (AvgIpc) is 1.37. The molecule has 18 rings (SSSR count). The highest BCUT2D eigenvalue weighted by atomic mass is 79.9. The highest BCUT2D eigenvalue weighted by Crippen LogP contribution is 2.45. The fraction of sp³-hybridized carbons (Fsp3) is 0.500. The number of methoxy groups -OCH3 is 2. The van der Waals surface area contributed by atoms with E-state index in [9.17, 15) is 27.2 Å². The van der Waals surface area contributed by atoms with Crippen molar-refractivity contribution < 1.29 is 73.1 Å². The van der Waals surface area contributed by atoms with Crippen molar-refractivity contribution in [2.45, 2.75) is 220 Å². The highest BCUT2D eigenvalue weighted by Gasteiger charge is 2.64. The summed E-state index contributed by atoms with van der Waals surface area (Å²) < 4.78 is 153. The van der Waals surface area contributed by atoms with Crippen LogP contribution in [0.5, 0.6) is 0 Å². The van der Waals surface area contributed by atoms with Gasteiger partial charge in [-0.15, -0.1) is 0 Å². The molecule has 38 heteroatoms. The zero-order valence-electron chi connectivity index (χ0n) is 75.5. The maximum Gasteiger partial charge on any atom is 0.496 e. The highest BCUT2D eigenvalue weighted by molar-refractivity contribution is 9.10. The van der Waals surface area contributed by atoms with Gasteiger partial charge >= 0.3 is 28.3 Å². The average molecular weight is 1870 g/mol. The Bertz CT molecular complexity index is 5910. The number of alkyl halides is 2. The minimum absolute atomic E-state index is 0.0699. The molecule has 6 aliphatic heterocycles. The van der Waals surface area contributed by atoms with E-state index >= 15 is 8.78 Å². The standard InChI is InChI=1S/C24H25F2N5O2.C16H19BrFN3O2.2C14H18BFN2O2.C12H24B2O4.C8H6BrFN2/c1-15-13-31-14-17(12-19(25)21(31)27-15)16-3-4-20-18(11-16)22(32)29-23(28-20)24(26)5-7-30(8-6-24)9-10-33-2;1-23-9-8-21-6-4-16(18,5-7-21)15-19-13-3-2-11(17)10-12(13)14(22)20-15;2*1-9-7-18-8-10(6-11(16)12(18)17-9)15-19-13(2,3)14(4,5)20-15;1-9(2)10(3,4)16-13(15-9)14-17-11(5,6)12(7,8)18-14;1-5-3-12-4-6(9)2-7(10)8(12)11-5/h3-4,11-14H,5-10H2,1-2H3,(H,28,29,32);2-3,10H,4-9H2,1H3,(H,19,20,22);2*6-8H,1-5H3;1-8H3;2-4H,1H3. The second kappa shape index (κ2) is 36.3. The zero-order valence-corrected chi connectivity index (χ0v) is 78.6. The molecule has 0 radical (unpaired) electrons. The molecular weight excluding hydrogens is 1760 g/mol. The maximum atomic E-state index is 15.7. The fourth-order valence-corrected chi connectivity index (χ4v) is 15.9. The van der Waals surface area contributed by atoms with Crippen molar-refractivity contribution >= 4 is 115 Å². The smallest absolute Gasteiger partial charge is 0.405 e. The number of hydrogen-bond acceptors (Lipinski definition) is 20. The Kier molecular flexibility index (Phi) is 27.5. The van der Waals surface area contributed by atoms with Gasteiger partial charge in [-0.1, -0.05) is 22.0 Å². The van der Waals surface area contributed by atoms with Gasteiger partial charge in [-0.25, -0.2) is 56.2 Å². The number of H-pyrrole nitrogens is 2. The number of pyridine rings is 4. The molecule has 2 aromatic carbocycles. The Labute approximate surface area is 747 Å². The van der Waals surface area contributed by atoms with Crippen LogP contribution in [-0.4, -0.2) is 207 Å². The first-order valence-electron chi connectivity index (χ1n) is 42.0. The lowest BCUT2D eigenvalue weighted by Gasteiger charge is -2.35. The lowest BCUT2D eigenvalue weighted by molar-refractivity contribution is 0.00578. The molecule has 0 spiro atoms. The number of hydrogen-bond donors (Lipinski definition) is 2. The molecule has 16 heterocycles. The van der Waals surface area contributed by atoms with Gasteiger partial charge in [0.1, 0.15) is 11.6 Å². The summed E-state index contributed by atoms with van der Waals surface area (Å²) in [6.45, 7) is 44.5. The largest absolute Gasteiger partial charge is 0.496 e. The van der Waals surface area contributed by atoms with Crippen LogP contribution in [0.2, 0.25) is 0 Å². The Morgan fingerprint density at radius 1 is 0.389 bits per heavy atom.